The molecule has 6 nitrogen and oxygen atoms in total. The molecule has 2 aromatic heterocycles. The van der Waals surface area contributed by atoms with Gasteiger partial charge in [0.1, 0.15) is 11.6 Å². The van der Waals surface area contributed by atoms with E-state index in [1.165, 1.54) is 6.92 Å². The predicted molar refractivity (Wildman–Crippen MR) is 102 cm³/mol. The Morgan fingerprint density at radius 3 is 2.63 bits per heavy atom. The number of aromatic nitrogens is 2. The third-order valence-electron chi connectivity index (χ3n) is 4.45. The highest BCUT2D eigenvalue weighted by atomic mass is 16.3. The Morgan fingerprint density at radius 1 is 1.19 bits per heavy atom. The van der Waals surface area contributed by atoms with Gasteiger partial charge in [-0.25, -0.2) is 4.98 Å². The van der Waals surface area contributed by atoms with Gasteiger partial charge in [0.15, 0.2) is 0 Å². The molecule has 6 heteroatoms. The Morgan fingerprint density at radius 2 is 2.00 bits per heavy atom. The van der Waals surface area contributed by atoms with Gasteiger partial charge in [-0.3, -0.25) is 9.59 Å². The van der Waals surface area contributed by atoms with Gasteiger partial charge >= 0.3 is 0 Å². The number of aryl methyl sites for hydroxylation is 2. The smallest absolute Gasteiger partial charge is 0.254 e. The zero-order valence-electron chi connectivity index (χ0n) is 15.8. The molecular weight excluding hydrogens is 342 g/mol. The minimum atomic E-state index is -0.166. The number of amides is 1. The van der Waals surface area contributed by atoms with Crippen LogP contribution in [0.15, 0.2) is 51.9 Å². The molecule has 2 heterocycles. The van der Waals surface area contributed by atoms with Crippen LogP contribution >= 0.6 is 0 Å². The van der Waals surface area contributed by atoms with E-state index < -0.39 is 0 Å². The standard InChI is InChI=1S/C21H23N3O3/c1-14-6-4-7-17(10-14)11-19-15(2)22-20(23-21(19)26)13-24(16(3)25)12-18-8-5-9-27-18/h4-10H,11-13H2,1-3H3,(H,22,23,26). The van der Waals surface area contributed by atoms with Gasteiger partial charge in [0.2, 0.25) is 5.91 Å². The fourth-order valence-electron chi connectivity index (χ4n) is 3.03. The van der Waals surface area contributed by atoms with Gasteiger partial charge in [-0.2, -0.15) is 0 Å². The first-order valence-corrected chi connectivity index (χ1v) is 8.84. The number of nitrogens with zero attached hydrogens (tertiary/aromatic N) is 2. The number of nitrogens with one attached hydrogen (secondary N) is 1. The molecule has 1 amide bonds. The number of hydrogen-bond acceptors (Lipinski definition) is 4. The molecule has 3 rings (SSSR count). The molecule has 0 fully saturated rings. The minimum absolute atomic E-state index is 0.115. The molecular formula is C21H23N3O3. The van der Waals surface area contributed by atoms with Crippen LogP contribution in [0.2, 0.25) is 0 Å². The molecule has 0 radical (unpaired) electrons. The van der Waals surface area contributed by atoms with Gasteiger partial charge in [0.25, 0.3) is 5.56 Å². The lowest BCUT2D eigenvalue weighted by Gasteiger charge is -2.19. The molecule has 140 valence electrons. The second-order valence-electron chi connectivity index (χ2n) is 6.70. The summed E-state index contributed by atoms with van der Waals surface area (Å²) in [4.78, 5) is 33.5. The molecule has 1 N–H and O–H groups in total. The second-order valence-corrected chi connectivity index (χ2v) is 6.70. The van der Waals surface area contributed by atoms with Crippen molar-refractivity contribution in [1.82, 2.24) is 14.9 Å². The predicted octanol–water partition coefficient (Wildman–Crippen LogP) is 3.12. The molecule has 0 aliphatic carbocycles. The van der Waals surface area contributed by atoms with Crippen LogP contribution in [-0.2, 0) is 24.3 Å². The summed E-state index contributed by atoms with van der Waals surface area (Å²) in [5.74, 6) is 1.03. The van der Waals surface area contributed by atoms with Crippen LogP contribution in [0.3, 0.4) is 0 Å². The number of rotatable bonds is 6. The minimum Gasteiger partial charge on any atom is -0.467 e. The number of furan rings is 1. The molecule has 1 aromatic carbocycles. The van der Waals surface area contributed by atoms with Crippen molar-refractivity contribution in [3.05, 3.63) is 87.0 Å². The third-order valence-corrected chi connectivity index (χ3v) is 4.45. The van der Waals surface area contributed by atoms with Crippen molar-refractivity contribution in [2.24, 2.45) is 0 Å². The quantitative estimate of drug-likeness (QED) is 0.728. The van der Waals surface area contributed by atoms with Crippen LogP contribution in [0.4, 0.5) is 0 Å². The molecule has 0 bridgehead atoms. The summed E-state index contributed by atoms with van der Waals surface area (Å²) in [5.41, 5.74) is 3.38. The Hall–Kier alpha value is -3.15. The Labute approximate surface area is 157 Å². The molecule has 0 aliphatic rings. The van der Waals surface area contributed by atoms with Crippen molar-refractivity contribution < 1.29 is 9.21 Å². The van der Waals surface area contributed by atoms with Gasteiger partial charge in [-0.05, 0) is 31.5 Å². The number of carbonyl (C=O) groups is 1. The Balaban J connectivity index is 1.81. The maximum Gasteiger partial charge on any atom is 0.254 e. The van der Waals surface area contributed by atoms with Gasteiger partial charge in [0, 0.05) is 24.6 Å². The first-order chi connectivity index (χ1) is 12.9. The fraction of sp³-hybridized carbons (Fsp3) is 0.286. The largest absolute Gasteiger partial charge is 0.467 e. The maximum absolute atomic E-state index is 12.6. The second kappa shape index (κ2) is 8.03. The third kappa shape index (κ3) is 4.73. The Kier molecular flexibility index (Phi) is 5.54. The van der Waals surface area contributed by atoms with Gasteiger partial charge in [0.05, 0.1) is 19.4 Å². The molecule has 27 heavy (non-hydrogen) atoms. The Bertz CT molecular complexity index is 990. The normalized spacial score (nSPS) is 10.8. The van der Waals surface area contributed by atoms with E-state index in [4.69, 9.17) is 4.42 Å². The first kappa shape index (κ1) is 18.6. The first-order valence-electron chi connectivity index (χ1n) is 8.84. The zero-order chi connectivity index (χ0) is 19.4. The van der Waals surface area contributed by atoms with E-state index in [9.17, 15) is 9.59 Å². The lowest BCUT2D eigenvalue weighted by atomic mass is 10.0. The number of H-pyrrole nitrogens is 1. The SMILES string of the molecule is CC(=O)N(Cc1nc(C)c(Cc2cccc(C)c2)c(=O)[nH]1)Cc1ccco1. The van der Waals surface area contributed by atoms with E-state index in [0.29, 0.717) is 35.8 Å². The van der Waals surface area contributed by atoms with E-state index in [1.807, 2.05) is 38.1 Å². The number of benzene rings is 1. The summed E-state index contributed by atoms with van der Waals surface area (Å²) in [6, 6.07) is 11.7. The zero-order valence-corrected chi connectivity index (χ0v) is 15.8. The summed E-state index contributed by atoms with van der Waals surface area (Å²) in [6.07, 6.45) is 2.09. The average molecular weight is 365 g/mol. The molecule has 0 saturated carbocycles. The van der Waals surface area contributed by atoms with Crippen LogP contribution in [0.25, 0.3) is 0 Å². The monoisotopic (exact) mass is 365 g/mol. The molecule has 0 saturated heterocycles. The van der Waals surface area contributed by atoms with Crippen molar-refractivity contribution >= 4 is 5.91 Å². The van der Waals surface area contributed by atoms with Gasteiger partial charge in [-0.1, -0.05) is 29.8 Å². The molecule has 0 aliphatic heterocycles. The molecule has 0 unspecified atom stereocenters. The number of carbonyl (C=O) groups excluding carboxylic acids is 1. The maximum atomic E-state index is 12.6. The summed E-state index contributed by atoms with van der Waals surface area (Å²) in [7, 11) is 0. The van der Waals surface area contributed by atoms with E-state index in [0.717, 1.165) is 11.1 Å². The lowest BCUT2D eigenvalue weighted by molar-refractivity contribution is -0.130. The van der Waals surface area contributed by atoms with Crippen LogP contribution in [-0.4, -0.2) is 20.8 Å². The highest BCUT2D eigenvalue weighted by Crippen LogP contribution is 2.12. The summed E-state index contributed by atoms with van der Waals surface area (Å²) in [5, 5.41) is 0. The molecule has 0 atom stereocenters. The topological polar surface area (TPSA) is 79.2 Å². The van der Waals surface area contributed by atoms with E-state index >= 15 is 0 Å². The van der Waals surface area contributed by atoms with Crippen LogP contribution in [0, 0.1) is 13.8 Å². The van der Waals surface area contributed by atoms with Crippen LogP contribution < -0.4 is 5.56 Å². The van der Waals surface area contributed by atoms with Crippen molar-refractivity contribution in [3.63, 3.8) is 0 Å². The highest BCUT2D eigenvalue weighted by Gasteiger charge is 2.15. The van der Waals surface area contributed by atoms with E-state index in [2.05, 4.69) is 16.0 Å². The summed E-state index contributed by atoms with van der Waals surface area (Å²) >= 11 is 0. The fourth-order valence-corrected chi connectivity index (χ4v) is 3.03. The number of aromatic amines is 1. The molecule has 0 spiro atoms. The number of hydrogen-bond donors (Lipinski definition) is 1. The van der Waals surface area contributed by atoms with Crippen molar-refractivity contribution in [3.8, 4) is 0 Å². The van der Waals surface area contributed by atoms with E-state index in [-0.39, 0.29) is 18.0 Å². The van der Waals surface area contributed by atoms with Crippen LogP contribution in [0.1, 0.15) is 40.9 Å². The van der Waals surface area contributed by atoms with Crippen molar-refractivity contribution in [2.45, 2.75) is 40.3 Å². The van der Waals surface area contributed by atoms with Gasteiger partial charge in [-0.15, -0.1) is 0 Å². The lowest BCUT2D eigenvalue weighted by Crippen LogP contribution is -2.30. The summed E-state index contributed by atoms with van der Waals surface area (Å²) in [6.45, 7) is 5.89. The van der Waals surface area contributed by atoms with Crippen molar-refractivity contribution in [2.75, 3.05) is 0 Å². The summed E-state index contributed by atoms with van der Waals surface area (Å²) < 4.78 is 5.31. The van der Waals surface area contributed by atoms with E-state index in [1.54, 1.807) is 17.2 Å². The van der Waals surface area contributed by atoms with Crippen molar-refractivity contribution in [1.29, 1.82) is 0 Å². The highest BCUT2D eigenvalue weighted by molar-refractivity contribution is 5.73. The molecule has 3 aromatic rings. The van der Waals surface area contributed by atoms with Crippen LogP contribution in [0.5, 0.6) is 0 Å². The average Bonchev–Trinajstić information content (AvgIpc) is 3.11. The van der Waals surface area contributed by atoms with Gasteiger partial charge < -0.3 is 14.3 Å².